The van der Waals surface area contributed by atoms with Gasteiger partial charge in [-0.15, -0.1) is 22.8 Å². The molecule has 0 radical (unpaired) electrons. The fraction of sp³-hybridized carbons (Fsp3) is 0.385. The van der Waals surface area contributed by atoms with E-state index in [9.17, 15) is 8.42 Å². The molecule has 0 saturated carbocycles. The van der Waals surface area contributed by atoms with Gasteiger partial charge in [0.1, 0.15) is 0 Å². The maximum Gasteiger partial charge on any atom is 0.241 e. The molecule has 9 heteroatoms. The van der Waals surface area contributed by atoms with Gasteiger partial charge in [-0.1, -0.05) is 25.4 Å². The van der Waals surface area contributed by atoms with Gasteiger partial charge >= 0.3 is 0 Å². The van der Waals surface area contributed by atoms with Crippen LogP contribution < -0.4 is 4.72 Å². The van der Waals surface area contributed by atoms with Crippen LogP contribution in [-0.2, 0) is 17.1 Å². The van der Waals surface area contributed by atoms with Gasteiger partial charge in [0.05, 0.1) is 10.9 Å². The molecule has 0 aliphatic carbocycles. The first-order valence-corrected chi connectivity index (χ1v) is 8.89. The number of benzene rings is 1. The van der Waals surface area contributed by atoms with Crippen molar-refractivity contribution in [3.05, 3.63) is 35.1 Å². The van der Waals surface area contributed by atoms with Gasteiger partial charge in [-0.3, -0.25) is 0 Å². The van der Waals surface area contributed by atoms with Crippen LogP contribution in [0.3, 0.4) is 0 Å². The molecule has 0 bridgehead atoms. The molecule has 1 aromatic heterocycles. The van der Waals surface area contributed by atoms with Crippen molar-refractivity contribution in [2.24, 2.45) is 13.0 Å². The van der Waals surface area contributed by atoms with Gasteiger partial charge in [0.2, 0.25) is 10.0 Å². The summed E-state index contributed by atoms with van der Waals surface area (Å²) in [7, 11) is -1.95. The Kier molecular flexibility index (Phi) is 5.16. The molecule has 0 amide bonds. The monoisotopic (exact) mass is 360 g/mol. The van der Waals surface area contributed by atoms with E-state index in [2.05, 4.69) is 27.5 Å². The van der Waals surface area contributed by atoms with E-state index < -0.39 is 16.1 Å². The minimum absolute atomic E-state index is 0.0160. The number of rotatable bonds is 5. The highest BCUT2D eigenvalue weighted by Gasteiger charge is 2.27. The van der Waals surface area contributed by atoms with Crippen LogP contribution in [0, 0.1) is 5.92 Å². The lowest BCUT2D eigenvalue weighted by Gasteiger charge is -2.21. The first-order chi connectivity index (χ1) is 10.2. The Labute approximate surface area is 140 Å². The summed E-state index contributed by atoms with van der Waals surface area (Å²) in [6.07, 6.45) is 0. The number of aromatic nitrogens is 3. The number of sulfonamides is 1. The van der Waals surface area contributed by atoms with Crippen LogP contribution >= 0.6 is 24.2 Å². The van der Waals surface area contributed by atoms with E-state index >= 15 is 0 Å². The van der Waals surface area contributed by atoms with Crippen LogP contribution in [0.25, 0.3) is 0 Å². The maximum atomic E-state index is 12.5. The fourth-order valence-corrected chi connectivity index (χ4v) is 3.55. The number of nitrogens with one attached hydrogen (secondary N) is 1. The molecular formula is C13H17ClN4O2S2. The van der Waals surface area contributed by atoms with Crippen LogP contribution in [-0.4, -0.2) is 23.2 Å². The number of hydrogen-bond acceptors (Lipinski definition) is 5. The topological polar surface area (TPSA) is 76.9 Å². The molecule has 1 heterocycles. The number of hydrogen-bond donors (Lipinski definition) is 2. The molecule has 1 aromatic carbocycles. The average molecular weight is 361 g/mol. The molecule has 120 valence electrons. The van der Waals surface area contributed by atoms with Crippen molar-refractivity contribution in [3.63, 3.8) is 0 Å². The van der Waals surface area contributed by atoms with Gasteiger partial charge in [-0.2, -0.15) is 0 Å². The minimum Gasteiger partial charge on any atom is -0.308 e. The van der Waals surface area contributed by atoms with E-state index in [1.807, 2.05) is 13.8 Å². The quantitative estimate of drug-likeness (QED) is 0.803. The van der Waals surface area contributed by atoms with Gasteiger partial charge < -0.3 is 4.57 Å². The van der Waals surface area contributed by atoms with Crippen molar-refractivity contribution in [1.82, 2.24) is 19.5 Å². The van der Waals surface area contributed by atoms with Crippen LogP contribution in [0.1, 0.15) is 25.7 Å². The summed E-state index contributed by atoms with van der Waals surface area (Å²) < 4.78 is 29.4. The summed E-state index contributed by atoms with van der Waals surface area (Å²) in [6.45, 7) is 3.81. The number of thiol groups is 1. The first-order valence-electron chi connectivity index (χ1n) is 6.58. The summed E-state index contributed by atoms with van der Waals surface area (Å²) in [4.78, 5) is 0.149. The molecule has 2 rings (SSSR count). The second-order valence-corrected chi connectivity index (χ2v) is 7.76. The van der Waals surface area contributed by atoms with Crippen molar-refractivity contribution in [3.8, 4) is 0 Å². The largest absolute Gasteiger partial charge is 0.308 e. The third-order valence-corrected chi connectivity index (χ3v) is 5.33. The molecule has 0 aliphatic heterocycles. The van der Waals surface area contributed by atoms with E-state index in [-0.39, 0.29) is 10.8 Å². The Hall–Kier alpha value is -1.09. The summed E-state index contributed by atoms with van der Waals surface area (Å²) >= 11 is 9.96. The Morgan fingerprint density at radius 3 is 2.27 bits per heavy atom. The predicted octanol–water partition coefficient (Wildman–Crippen LogP) is 2.43. The van der Waals surface area contributed by atoms with Gasteiger partial charge in [0.15, 0.2) is 11.0 Å². The van der Waals surface area contributed by atoms with Crippen molar-refractivity contribution in [2.75, 3.05) is 0 Å². The lowest BCUT2D eigenvalue weighted by atomic mass is 10.1. The van der Waals surface area contributed by atoms with Crippen LogP contribution in [0.5, 0.6) is 0 Å². The van der Waals surface area contributed by atoms with Crippen LogP contribution in [0.2, 0.25) is 5.02 Å². The van der Waals surface area contributed by atoms with E-state index in [0.29, 0.717) is 16.0 Å². The second-order valence-electron chi connectivity index (χ2n) is 5.21. The lowest BCUT2D eigenvalue weighted by Crippen LogP contribution is -2.33. The minimum atomic E-state index is -3.69. The molecule has 22 heavy (non-hydrogen) atoms. The van der Waals surface area contributed by atoms with Crippen LogP contribution in [0.4, 0.5) is 0 Å². The molecule has 6 nitrogen and oxygen atoms in total. The normalized spacial score (nSPS) is 13.5. The van der Waals surface area contributed by atoms with Gasteiger partial charge in [-0.25, -0.2) is 13.1 Å². The molecule has 1 unspecified atom stereocenters. The molecule has 0 aliphatic rings. The van der Waals surface area contributed by atoms with E-state index in [4.69, 9.17) is 11.6 Å². The smallest absolute Gasteiger partial charge is 0.241 e. The Morgan fingerprint density at radius 2 is 1.82 bits per heavy atom. The number of nitrogens with zero attached hydrogens (tertiary/aromatic N) is 3. The predicted molar refractivity (Wildman–Crippen MR) is 87.6 cm³/mol. The fourth-order valence-electron chi connectivity index (χ4n) is 1.94. The molecule has 0 spiro atoms. The second kappa shape index (κ2) is 6.57. The van der Waals surface area contributed by atoms with E-state index in [1.165, 1.54) is 24.3 Å². The summed E-state index contributed by atoms with van der Waals surface area (Å²) in [6, 6.07) is 5.48. The van der Waals surface area contributed by atoms with Gasteiger partial charge in [0, 0.05) is 12.1 Å². The van der Waals surface area contributed by atoms with Gasteiger partial charge in [0.25, 0.3) is 0 Å². The van der Waals surface area contributed by atoms with E-state index in [0.717, 1.165) is 0 Å². The zero-order chi connectivity index (χ0) is 16.5. The van der Waals surface area contributed by atoms with E-state index in [1.54, 1.807) is 11.6 Å². The Balaban J connectivity index is 2.35. The molecule has 0 fully saturated rings. The zero-order valence-corrected chi connectivity index (χ0v) is 14.8. The molecule has 0 saturated heterocycles. The SMILES string of the molecule is CC(C)C(NS(=O)(=O)c1ccc(Cl)cc1)c1nnc(S)n1C. The maximum absolute atomic E-state index is 12.5. The standard InChI is InChI=1S/C13H17ClN4O2S2/c1-8(2)11(12-15-16-13(21)18(12)3)17-22(19,20)10-6-4-9(14)5-7-10/h4-8,11,17H,1-3H3,(H,16,21). The zero-order valence-electron chi connectivity index (χ0n) is 12.4. The Morgan fingerprint density at radius 1 is 1.23 bits per heavy atom. The molecule has 1 N–H and O–H groups in total. The first kappa shape index (κ1) is 17.3. The molecule has 1 atom stereocenters. The highest BCUT2D eigenvalue weighted by atomic mass is 35.5. The van der Waals surface area contributed by atoms with Crippen molar-refractivity contribution in [1.29, 1.82) is 0 Å². The van der Waals surface area contributed by atoms with Crippen molar-refractivity contribution < 1.29 is 8.42 Å². The van der Waals surface area contributed by atoms with Crippen LogP contribution in [0.15, 0.2) is 34.3 Å². The summed E-state index contributed by atoms with van der Waals surface area (Å²) in [5, 5.41) is 8.78. The van der Waals surface area contributed by atoms with Crippen molar-refractivity contribution in [2.45, 2.75) is 29.9 Å². The molecular weight excluding hydrogens is 344 g/mol. The highest BCUT2D eigenvalue weighted by molar-refractivity contribution is 7.89. The third-order valence-electron chi connectivity index (χ3n) is 3.24. The van der Waals surface area contributed by atoms with Gasteiger partial charge in [-0.05, 0) is 30.2 Å². The molecule has 2 aromatic rings. The lowest BCUT2D eigenvalue weighted by molar-refractivity contribution is 0.431. The Bertz CT molecular complexity index is 757. The van der Waals surface area contributed by atoms with Crippen molar-refractivity contribution >= 4 is 34.3 Å². The average Bonchev–Trinajstić information content (AvgIpc) is 2.77. The summed E-state index contributed by atoms with van der Waals surface area (Å²) in [5.41, 5.74) is 0. The highest BCUT2D eigenvalue weighted by Crippen LogP contribution is 2.24. The third kappa shape index (κ3) is 3.62. The number of halogens is 1. The summed E-state index contributed by atoms with van der Waals surface area (Å²) in [5.74, 6) is 0.496.